The van der Waals surface area contributed by atoms with E-state index in [1.807, 2.05) is 0 Å². The molecular weight excluding hydrogens is 263 g/mol. The van der Waals surface area contributed by atoms with Crippen LogP contribution in [0, 0.1) is 0 Å². The van der Waals surface area contributed by atoms with Crippen LogP contribution in [0.1, 0.15) is 12.5 Å². The van der Waals surface area contributed by atoms with Gasteiger partial charge < -0.3 is 14.6 Å². The molecule has 1 N–H and O–H groups in total. The Morgan fingerprint density at radius 1 is 1.24 bits per heavy atom. The smallest absolute Gasteiger partial charge is 0.185 e. The molecule has 3 nitrogen and oxygen atoms in total. The Morgan fingerprint density at radius 3 is 2.12 bits per heavy atom. The summed E-state index contributed by atoms with van der Waals surface area (Å²) in [7, 11) is 2.94. The van der Waals surface area contributed by atoms with Crippen molar-refractivity contribution in [1.29, 1.82) is 0 Å². The lowest BCUT2D eigenvalue weighted by molar-refractivity contribution is -0.207. The van der Waals surface area contributed by atoms with Gasteiger partial charge in [-0.1, -0.05) is 29.3 Å². The molecule has 0 bridgehead atoms. The van der Waals surface area contributed by atoms with Crippen LogP contribution < -0.4 is 0 Å². The number of benzene rings is 1. The standard InChI is InChI=1S/C12H16Cl2O3/c1-12(15,11(16-2)17-3)7-8-9(13)5-4-6-10(8)14/h4-6,11,15H,7H2,1-3H3. The molecule has 0 spiro atoms. The molecule has 1 aromatic rings. The van der Waals surface area contributed by atoms with Gasteiger partial charge in [-0.05, 0) is 24.6 Å². The van der Waals surface area contributed by atoms with Gasteiger partial charge in [0, 0.05) is 30.7 Å². The Morgan fingerprint density at radius 2 is 1.71 bits per heavy atom. The van der Waals surface area contributed by atoms with Crippen molar-refractivity contribution >= 4 is 23.2 Å². The lowest BCUT2D eigenvalue weighted by atomic mass is 9.95. The fourth-order valence-corrected chi connectivity index (χ4v) is 2.28. The van der Waals surface area contributed by atoms with Gasteiger partial charge in [0.1, 0.15) is 5.60 Å². The van der Waals surface area contributed by atoms with E-state index in [1.165, 1.54) is 14.2 Å². The van der Waals surface area contributed by atoms with E-state index in [9.17, 15) is 5.11 Å². The molecule has 5 heteroatoms. The molecule has 0 heterocycles. The van der Waals surface area contributed by atoms with Crippen LogP contribution in [-0.4, -0.2) is 31.2 Å². The molecule has 0 radical (unpaired) electrons. The molecule has 0 fully saturated rings. The largest absolute Gasteiger partial charge is 0.385 e. The maximum atomic E-state index is 10.3. The summed E-state index contributed by atoms with van der Waals surface area (Å²) in [6.45, 7) is 1.62. The van der Waals surface area contributed by atoms with E-state index in [-0.39, 0.29) is 6.42 Å². The average Bonchev–Trinajstić information content (AvgIpc) is 2.25. The molecule has 0 aliphatic carbocycles. The van der Waals surface area contributed by atoms with E-state index < -0.39 is 11.9 Å². The van der Waals surface area contributed by atoms with Crippen LogP contribution >= 0.6 is 23.2 Å². The zero-order chi connectivity index (χ0) is 13.1. The van der Waals surface area contributed by atoms with E-state index in [1.54, 1.807) is 25.1 Å². The maximum Gasteiger partial charge on any atom is 0.185 e. The molecule has 0 aromatic heterocycles. The molecule has 17 heavy (non-hydrogen) atoms. The van der Waals surface area contributed by atoms with E-state index in [0.29, 0.717) is 15.6 Å². The van der Waals surface area contributed by atoms with Crippen LogP contribution in [0.15, 0.2) is 18.2 Å². The van der Waals surface area contributed by atoms with Crippen LogP contribution in [0.3, 0.4) is 0 Å². The summed E-state index contributed by atoms with van der Waals surface area (Å²) in [6.07, 6.45) is -0.493. The van der Waals surface area contributed by atoms with E-state index >= 15 is 0 Å². The van der Waals surface area contributed by atoms with Gasteiger partial charge in [-0.3, -0.25) is 0 Å². The summed E-state index contributed by atoms with van der Waals surface area (Å²) in [4.78, 5) is 0. The zero-order valence-electron chi connectivity index (χ0n) is 10.0. The minimum Gasteiger partial charge on any atom is -0.385 e. The summed E-state index contributed by atoms with van der Waals surface area (Å²) < 4.78 is 10.1. The Balaban J connectivity index is 2.97. The zero-order valence-corrected chi connectivity index (χ0v) is 11.5. The molecular formula is C12H16Cl2O3. The predicted molar refractivity (Wildman–Crippen MR) is 68.6 cm³/mol. The molecule has 0 saturated carbocycles. The van der Waals surface area contributed by atoms with Gasteiger partial charge in [0.25, 0.3) is 0 Å². The third kappa shape index (κ3) is 3.57. The molecule has 0 aliphatic rings. The molecule has 1 atom stereocenters. The van der Waals surface area contributed by atoms with Crippen molar-refractivity contribution < 1.29 is 14.6 Å². The SMILES string of the molecule is COC(OC)C(C)(O)Cc1c(Cl)cccc1Cl. The van der Waals surface area contributed by atoms with Gasteiger partial charge >= 0.3 is 0 Å². The summed E-state index contributed by atoms with van der Waals surface area (Å²) >= 11 is 12.1. The average molecular weight is 279 g/mol. The highest BCUT2D eigenvalue weighted by molar-refractivity contribution is 6.36. The number of rotatable bonds is 5. The normalized spacial score (nSPS) is 15.0. The lowest BCUT2D eigenvalue weighted by Gasteiger charge is -2.31. The van der Waals surface area contributed by atoms with Crippen LogP contribution in [0.25, 0.3) is 0 Å². The van der Waals surface area contributed by atoms with E-state index in [2.05, 4.69) is 0 Å². The summed E-state index contributed by atoms with van der Waals surface area (Å²) in [5, 5.41) is 11.3. The van der Waals surface area contributed by atoms with Crippen molar-refractivity contribution in [3.63, 3.8) is 0 Å². The minimum absolute atomic E-state index is 0.248. The molecule has 0 aliphatic heterocycles. The number of methoxy groups -OCH3 is 2. The Kier molecular flexibility index (Phi) is 5.22. The second-order valence-electron chi connectivity index (χ2n) is 4.04. The highest BCUT2D eigenvalue weighted by Gasteiger charge is 2.33. The second kappa shape index (κ2) is 6.03. The van der Waals surface area contributed by atoms with Crippen LogP contribution in [0.5, 0.6) is 0 Å². The first kappa shape index (κ1) is 14.7. The van der Waals surface area contributed by atoms with Crippen LogP contribution in [-0.2, 0) is 15.9 Å². The summed E-state index contributed by atoms with van der Waals surface area (Å²) in [6, 6.07) is 5.22. The van der Waals surface area contributed by atoms with Crippen molar-refractivity contribution in [2.45, 2.75) is 25.2 Å². The monoisotopic (exact) mass is 278 g/mol. The first-order valence-corrected chi connectivity index (χ1v) is 5.89. The molecule has 1 rings (SSSR count). The lowest BCUT2D eigenvalue weighted by Crippen LogP contribution is -2.43. The van der Waals surface area contributed by atoms with Crippen molar-refractivity contribution in [3.05, 3.63) is 33.8 Å². The molecule has 1 aromatic carbocycles. The van der Waals surface area contributed by atoms with Crippen molar-refractivity contribution in [2.75, 3.05) is 14.2 Å². The van der Waals surface area contributed by atoms with Gasteiger partial charge in [0.2, 0.25) is 0 Å². The Bertz CT molecular complexity index is 356. The van der Waals surface area contributed by atoms with Crippen molar-refractivity contribution in [2.24, 2.45) is 0 Å². The van der Waals surface area contributed by atoms with Gasteiger partial charge in [0.05, 0.1) is 0 Å². The first-order valence-electron chi connectivity index (χ1n) is 5.13. The highest BCUT2D eigenvalue weighted by Crippen LogP contribution is 2.30. The Hall–Kier alpha value is -0.320. The molecule has 0 saturated heterocycles. The number of hydrogen-bond acceptors (Lipinski definition) is 3. The van der Waals surface area contributed by atoms with Crippen molar-refractivity contribution in [3.8, 4) is 0 Å². The number of aliphatic hydroxyl groups is 1. The van der Waals surface area contributed by atoms with Gasteiger partial charge in [-0.15, -0.1) is 0 Å². The number of halogens is 2. The summed E-state index contributed by atoms with van der Waals surface area (Å²) in [5.41, 5.74) is -0.530. The predicted octanol–water partition coefficient (Wildman–Crippen LogP) is 2.91. The van der Waals surface area contributed by atoms with Gasteiger partial charge in [-0.2, -0.15) is 0 Å². The fourth-order valence-electron chi connectivity index (χ4n) is 1.75. The summed E-state index contributed by atoms with van der Waals surface area (Å²) in [5.74, 6) is 0. The molecule has 96 valence electrons. The number of hydrogen-bond donors (Lipinski definition) is 1. The van der Waals surface area contributed by atoms with Crippen LogP contribution in [0.4, 0.5) is 0 Å². The van der Waals surface area contributed by atoms with Crippen LogP contribution in [0.2, 0.25) is 10.0 Å². The van der Waals surface area contributed by atoms with E-state index in [4.69, 9.17) is 32.7 Å². The van der Waals surface area contributed by atoms with Crippen molar-refractivity contribution in [1.82, 2.24) is 0 Å². The second-order valence-corrected chi connectivity index (χ2v) is 4.85. The third-order valence-electron chi connectivity index (χ3n) is 2.53. The topological polar surface area (TPSA) is 38.7 Å². The molecule has 1 unspecified atom stereocenters. The van der Waals surface area contributed by atoms with Gasteiger partial charge in [-0.25, -0.2) is 0 Å². The van der Waals surface area contributed by atoms with Gasteiger partial charge in [0.15, 0.2) is 6.29 Å². The fraction of sp³-hybridized carbons (Fsp3) is 0.500. The quantitative estimate of drug-likeness (QED) is 0.842. The Labute approximate surface area is 111 Å². The minimum atomic E-state index is -1.21. The third-order valence-corrected chi connectivity index (χ3v) is 3.24. The number of ether oxygens (including phenoxy) is 2. The molecule has 0 amide bonds. The first-order chi connectivity index (χ1) is 7.92. The maximum absolute atomic E-state index is 10.3. The van der Waals surface area contributed by atoms with E-state index in [0.717, 1.165) is 0 Å². The highest BCUT2D eigenvalue weighted by atomic mass is 35.5.